The van der Waals surface area contributed by atoms with Crippen LogP contribution in [-0.2, 0) is 4.79 Å². The maximum absolute atomic E-state index is 12.2. The standard InChI is InChI=1S/C21H31N5O/c1-22-21(24-15-11-13-26(14-15)16-6-2-3-7-16)23-12-10-18-17-8-4-5-9-19(17)25-20(18)27/h4-5,8-9,15-16,18H,2-3,6-7,10-14H2,1H3,(H,25,27)(H2,22,23,24). The number of hydrogen-bond donors (Lipinski definition) is 3. The third-order valence-electron chi connectivity index (χ3n) is 6.26. The zero-order valence-corrected chi connectivity index (χ0v) is 16.2. The maximum atomic E-state index is 12.2. The van der Waals surface area contributed by atoms with Crippen molar-refractivity contribution in [2.24, 2.45) is 4.99 Å². The summed E-state index contributed by atoms with van der Waals surface area (Å²) in [5, 5.41) is 9.94. The molecule has 6 nitrogen and oxygen atoms in total. The maximum Gasteiger partial charge on any atom is 0.232 e. The number of amides is 1. The number of para-hydroxylation sites is 1. The van der Waals surface area contributed by atoms with Crippen molar-refractivity contribution in [3.63, 3.8) is 0 Å². The van der Waals surface area contributed by atoms with Gasteiger partial charge in [-0.05, 0) is 37.3 Å². The number of rotatable bonds is 5. The molecule has 2 heterocycles. The van der Waals surface area contributed by atoms with Crippen LogP contribution in [-0.4, -0.2) is 55.5 Å². The van der Waals surface area contributed by atoms with E-state index in [2.05, 4.69) is 25.8 Å². The molecule has 6 heteroatoms. The summed E-state index contributed by atoms with van der Waals surface area (Å²) in [6, 6.07) is 9.23. The summed E-state index contributed by atoms with van der Waals surface area (Å²) in [5.74, 6) is 0.875. The van der Waals surface area contributed by atoms with E-state index in [0.717, 1.165) is 42.8 Å². The SMILES string of the molecule is CN=C(NCCC1C(=O)Nc2ccccc21)NC1CCN(C2CCCC2)C1. The number of likely N-dealkylation sites (tertiary alicyclic amines) is 1. The number of nitrogens with zero attached hydrogens (tertiary/aromatic N) is 2. The summed E-state index contributed by atoms with van der Waals surface area (Å²) in [6.07, 6.45) is 7.45. The fraction of sp³-hybridized carbons (Fsp3) is 0.619. The fourth-order valence-electron chi connectivity index (χ4n) is 4.79. The van der Waals surface area contributed by atoms with Crippen molar-refractivity contribution in [1.82, 2.24) is 15.5 Å². The molecule has 1 aromatic rings. The molecule has 0 bridgehead atoms. The minimum Gasteiger partial charge on any atom is -0.356 e. The molecule has 0 spiro atoms. The quantitative estimate of drug-likeness (QED) is 0.550. The Balaban J connectivity index is 1.24. The van der Waals surface area contributed by atoms with Crippen LogP contribution in [0.3, 0.4) is 0 Å². The third-order valence-corrected chi connectivity index (χ3v) is 6.26. The first-order valence-corrected chi connectivity index (χ1v) is 10.4. The van der Waals surface area contributed by atoms with Gasteiger partial charge in [0.2, 0.25) is 5.91 Å². The van der Waals surface area contributed by atoms with Gasteiger partial charge in [0.25, 0.3) is 0 Å². The molecule has 1 aliphatic carbocycles. The molecule has 1 aromatic carbocycles. The van der Waals surface area contributed by atoms with Gasteiger partial charge < -0.3 is 16.0 Å². The van der Waals surface area contributed by atoms with Crippen molar-refractivity contribution in [2.75, 3.05) is 32.0 Å². The Kier molecular flexibility index (Phi) is 5.62. The lowest BCUT2D eigenvalue weighted by atomic mass is 9.97. The van der Waals surface area contributed by atoms with E-state index in [0.29, 0.717) is 6.04 Å². The van der Waals surface area contributed by atoms with Crippen LogP contribution in [0.25, 0.3) is 0 Å². The van der Waals surface area contributed by atoms with Crippen molar-refractivity contribution < 1.29 is 4.79 Å². The second kappa shape index (κ2) is 8.30. The average Bonchev–Trinajstić information content (AvgIpc) is 3.41. The number of fused-ring (bicyclic) bond motifs is 1. The molecular formula is C21H31N5O. The highest BCUT2D eigenvalue weighted by Crippen LogP contribution is 2.33. The lowest BCUT2D eigenvalue weighted by molar-refractivity contribution is -0.117. The molecule has 146 valence electrons. The molecule has 1 saturated heterocycles. The minimum atomic E-state index is -0.0730. The van der Waals surface area contributed by atoms with E-state index in [1.165, 1.54) is 38.6 Å². The zero-order chi connectivity index (χ0) is 18.6. The van der Waals surface area contributed by atoms with E-state index >= 15 is 0 Å². The number of guanidine groups is 1. The van der Waals surface area contributed by atoms with Gasteiger partial charge in [0.15, 0.2) is 5.96 Å². The van der Waals surface area contributed by atoms with Crippen LogP contribution in [0.5, 0.6) is 0 Å². The summed E-state index contributed by atoms with van der Waals surface area (Å²) in [7, 11) is 1.82. The highest BCUT2D eigenvalue weighted by atomic mass is 16.2. The number of hydrogen-bond acceptors (Lipinski definition) is 3. The Hall–Kier alpha value is -2.08. The van der Waals surface area contributed by atoms with E-state index in [4.69, 9.17) is 0 Å². The minimum absolute atomic E-state index is 0.0730. The fourth-order valence-corrected chi connectivity index (χ4v) is 4.79. The van der Waals surface area contributed by atoms with E-state index in [9.17, 15) is 4.79 Å². The predicted molar refractivity (Wildman–Crippen MR) is 109 cm³/mol. The molecular weight excluding hydrogens is 338 g/mol. The number of anilines is 1. The molecule has 3 N–H and O–H groups in total. The molecule has 1 saturated carbocycles. The number of benzene rings is 1. The first-order chi connectivity index (χ1) is 13.2. The molecule has 27 heavy (non-hydrogen) atoms. The molecule has 3 aliphatic rings. The van der Waals surface area contributed by atoms with Crippen LogP contribution >= 0.6 is 0 Å². The van der Waals surface area contributed by atoms with Crippen LogP contribution in [0.1, 0.15) is 50.0 Å². The number of nitrogens with one attached hydrogen (secondary N) is 3. The molecule has 2 aliphatic heterocycles. The second-order valence-electron chi connectivity index (χ2n) is 7.98. The molecule has 1 amide bonds. The van der Waals surface area contributed by atoms with Crippen molar-refractivity contribution in [3.8, 4) is 0 Å². The molecule has 2 fully saturated rings. The monoisotopic (exact) mass is 369 g/mol. The van der Waals surface area contributed by atoms with E-state index < -0.39 is 0 Å². The van der Waals surface area contributed by atoms with Crippen LogP contribution in [0.4, 0.5) is 5.69 Å². The van der Waals surface area contributed by atoms with E-state index in [-0.39, 0.29) is 11.8 Å². The molecule has 2 atom stereocenters. The number of carbonyl (C=O) groups excluding carboxylic acids is 1. The normalized spacial score (nSPS) is 26.3. The van der Waals surface area contributed by atoms with Crippen LogP contribution < -0.4 is 16.0 Å². The van der Waals surface area contributed by atoms with Crippen molar-refractivity contribution in [3.05, 3.63) is 29.8 Å². The van der Waals surface area contributed by atoms with Gasteiger partial charge in [0.05, 0.1) is 5.92 Å². The first-order valence-electron chi connectivity index (χ1n) is 10.4. The summed E-state index contributed by atoms with van der Waals surface area (Å²) < 4.78 is 0. The topological polar surface area (TPSA) is 68.8 Å². The smallest absolute Gasteiger partial charge is 0.232 e. The van der Waals surface area contributed by atoms with Crippen LogP contribution in [0.2, 0.25) is 0 Å². The third kappa shape index (κ3) is 4.10. The lowest BCUT2D eigenvalue weighted by Gasteiger charge is -2.24. The van der Waals surface area contributed by atoms with Gasteiger partial charge in [-0.1, -0.05) is 31.0 Å². The highest BCUT2D eigenvalue weighted by Gasteiger charge is 2.31. The number of carbonyl (C=O) groups is 1. The zero-order valence-electron chi connectivity index (χ0n) is 16.2. The largest absolute Gasteiger partial charge is 0.356 e. The predicted octanol–water partition coefficient (Wildman–Crippen LogP) is 2.29. The lowest BCUT2D eigenvalue weighted by Crippen LogP contribution is -2.45. The summed E-state index contributed by atoms with van der Waals surface area (Å²) in [6.45, 7) is 3.04. The van der Waals surface area contributed by atoms with E-state index in [1.54, 1.807) is 0 Å². The molecule has 0 radical (unpaired) electrons. The Bertz CT molecular complexity index is 698. The van der Waals surface area contributed by atoms with E-state index in [1.807, 2.05) is 31.3 Å². The Morgan fingerprint density at radius 1 is 1.26 bits per heavy atom. The average molecular weight is 370 g/mol. The summed E-state index contributed by atoms with van der Waals surface area (Å²) in [5.41, 5.74) is 2.06. The van der Waals surface area contributed by atoms with Crippen LogP contribution in [0.15, 0.2) is 29.3 Å². The van der Waals surface area contributed by atoms with Crippen LogP contribution in [0, 0.1) is 0 Å². The molecule has 2 unspecified atom stereocenters. The summed E-state index contributed by atoms with van der Waals surface area (Å²) >= 11 is 0. The Morgan fingerprint density at radius 2 is 2.07 bits per heavy atom. The van der Waals surface area contributed by atoms with Gasteiger partial charge in [-0.15, -0.1) is 0 Å². The first kappa shape index (κ1) is 18.3. The van der Waals surface area contributed by atoms with Crippen molar-refractivity contribution in [1.29, 1.82) is 0 Å². The molecule has 4 rings (SSSR count). The molecule has 0 aromatic heterocycles. The Morgan fingerprint density at radius 3 is 2.89 bits per heavy atom. The second-order valence-corrected chi connectivity index (χ2v) is 7.98. The van der Waals surface area contributed by atoms with Crippen molar-refractivity contribution >= 4 is 17.6 Å². The van der Waals surface area contributed by atoms with Gasteiger partial charge >= 0.3 is 0 Å². The highest BCUT2D eigenvalue weighted by molar-refractivity contribution is 6.02. The van der Waals surface area contributed by atoms with Gasteiger partial charge in [-0.2, -0.15) is 0 Å². The summed E-state index contributed by atoms with van der Waals surface area (Å²) in [4.78, 5) is 19.3. The van der Waals surface area contributed by atoms with Gasteiger partial charge in [0, 0.05) is 44.5 Å². The van der Waals surface area contributed by atoms with Gasteiger partial charge in [-0.25, -0.2) is 0 Å². The van der Waals surface area contributed by atoms with Crippen molar-refractivity contribution in [2.45, 2.75) is 56.5 Å². The Labute approximate surface area is 161 Å². The van der Waals surface area contributed by atoms with Gasteiger partial charge in [0.1, 0.15) is 0 Å². The number of aliphatic imine (C=N–C) groups is 1. The van der Waals surface area contributed by atoms with Gasteiger partial charge in [-0.3, -0.25) is 14.7 Å².